The lowest BCUT2D eigenvalue weighted by molar-refractivity contribution is 0.240. The van der Waals surface area contributed by atoms with Crippen molar-refractivity contribution in [1.29, 1.82) is 0 Å². The highest BCUT2D eigenvalue weighted by atomic mass is 16.3. The van der Waals surface area contributed by atoms with E-state index >= 15 is 0 Å². The Labute approximate surface area is 85.1 Å². The number of likely N-dealkylation sites (N-methyl/N-ethyl adjacent to an activating group) is 1. The SMILES string of the molecule is CC(N)C1=CC(C)N(C)C(NCO)=C1. The van der Waals surface area contributed by atoms with Gasteiger partial charge in [-0.3, -0.25) is 0 Å². The van der Waals surface area contributed by atoms with Gasteiger partial charge in [0.1, 0.15) is 12.6 Å². The summed E-state index contributed by atoms with van der Waals surface area (Å²) in [5, 5.41) is 11.7. The van der Waals surface area contributed by atoms with Crippen molar-refractivity contribution in [3.05, 3.63) is 23.5 Å². The minimum Gasteiger partial charge on any atom is -0.377 e. The third kappa shape index (κ3) is 2.27. The predicted octanol–water partition coefficient (Wildman–Crippen LogP) is -0.0253. The lowest BCUT2D eigenvalue weighted by Crippen LogP contribution is -2.38. The number of nitrogens with zero attached hydrogens (tertiary/aromatic N) is 1. The zero-order valence-corrected chi connectivity index (χ0v) is 8.99. The van der Waals surface area contributed by atoms with Crippen molar-refractivity contribution in [1.82, 2.24) is 10.2 Å². The maximum absolute atomic E-state index is 8.82. The average molecular weight is 197 g/mol. The van der Waals surface area contributed by atoms with Crippen molar-refractivity contribution in [2.75, 3.05) is 13.8 Å². The van der Waals surface area contributed by atoms with Crippen LogP contribution in [0.1, 0.15) is 13.8 Å². The van der Waals surface area contributed by atoms with Crippen molar-refractivity contribution < 1.29 is 5.11 Å². The third-order valence-electron chi connectivity index (χ3n) is 2.51. The minimum atomic E-state index is -0.0604. The van der Waals surface area contributed by atoms with Gasteiger partial charge in [-0.1, -0.05) is 6.08 Å². The van der Waals surface area contributed by atoms with E-state index in [1.807, 2.05) is 20.0 Å². The topological polar surface area (TPSA) is 61.5 Å². The standard InChI is InChI=1S/C10H19N3O/c1-7-4-9(8(2)11)5-10(12-6-14)13(7)3/h4-5,7-8,12,14H,6,11H2,1-3H3. The van der Waals surface area contributed by atoms with Crippen LogP contribution in [-0.4, -0.2) is 35.9 Å². The molecule has 80 valence electrons. The molecule has 1 rings (SSSR count). The first-order valence-corrected chi connectivity index (χ1v) is 4.82. The summed E-state index contributed by atoms with van der Waals surface area (Å²) in [6, 6.07) is 0.330. The fourth-order valence-electron chi connectivity index (χ4n) is 1.46. The number of hydrogen-bond acceptors (Lipinski definition) is 4. The number of rotatable bonds is 3. The van der Waals surface area contributed by atoms with Gasteiger partial charge in [-0.15, -0.1) is 0 Å². The Hall–Kier alpha value is -1.00. The van der Waals surface area contributed by atoms with E-state index in [-0.39, 0.29) is 12.8 Å². The van der Waals surface area contributed by atoms with Gasteiger partial charge < -0.3 is 21.1 Å². The summed E-state index contributed by atoms with van der Waals surface area (Å²) in [7, 11) is 1.98. The zero-order valence-electron chi connectivity index (χ0n) is 8.99. The average Bonchev–Trinajstić information content (AvgIpc) is 2.12. The van der Waals surface area contributed by atoms with Crippen molar-refractivity contribution in [3.63, 3.8) is 0 Å². The predicted molar refractivity (Wildman–Crippen MR) is 57.3 cm³/mol. The van der Waals surface area contributed by atoms with Crippen LogP contribution in [0.3, 0.4) is 0 Å². The van der Waals surface area contributed by atoms with Crippen molar-refractivity contribution in [2.24, 2.45) is 5.73 Å². The molecule has 0 saturated heterocycles. The Morgan fingerprint density at radius 1 is 1.71 bits per heavy atom. The van der Waals surface area contributed by atoms with Crippen LogP contribution in [-0.2, 0) is 0 Å². The third-order valence-corrected chi connectivity index (χ3v) is 2.51. The first-order chi connectivity index (χ1) is 6.56. The molecule has 0 aromatic carbocycles. The van der Waals surface area contributed by atoms with Gasteiger partial charge in [-0.25, -0.2) is 0 Å². The van der Waals surface area contributed by atoms with Crippen LogP contribution in [0.5, 0.6) is 0 Å². The van der Waals surface area contributed by atoms with Gasteiger partial charge >= 0.3 is 0 Å². The van der Waals surface area contributed by atoms with E-state index in [0.717, 1.165) is 11.4 Å². The summed E-state index contributed by atoms with van der Waals surface area (Å²) in [4.78, 5) is 2.06. The normalized spacial score (nSPS) is 24.1. The maximum Gasteiger partial charge on any atom is 0.114 e. The van der Waals surface area contributed by atoms with E-state index in [4.69, 9.17) is 10.8 Å². The van der Waals surface area contributed by atoms with Gasteiger partial charge in [0.15, 0.2) is 0 Å². The van der Waals surface area contributed by atoms with Crippen molar-refractivity contribution >= 4 is 0 Å². The van der Waals surface area contributed by atoms with E-state index < -0.39 is 0 Å². The molecule has 0 aromatic heterocycles. The molecule has 0 bridgehead atoms. The van der Waals surface area contributed by atoms with E-state index in [1.54, 1.807) is 0 Å². The smallest absolute Gasteiger partial charge is 0.114 e. The quantitative estimate of drug-likeness (QED) is 0.556. The van der Waals surface area contributed by atoms with Crippen molar-refractivity contribution in [2.45, 2.75) is 25.9 Å². The molecule has 0 spiro atoms. The Morgan fingerprint density at radius 2 is 2.36 bits per heavy atom. The molecule has 0 saturated carbocycles. The molecule has 14 heavy (non-hydrogen) atoms. The maximum atomic E-state index is 8.82. The Kier molecular flexibility index (Phi) is 3.55. The molecular formula is C10H19N3O. The molecular weight excluding hydrogens is 178 g/mol. The van der Waals surface area contributed by atoms with E-state index in [9.17, 15) is 0 Å². The lowest BCUT2D eigenvalue weighted by Gasteiger charge is -2.32. The summed E-state index contributed by atoms with van der Waals surface area (Å²) in [5.41, 5.74) is 6.91. The molecule has 0 radical (unpaired) electrons. The molecule has 1 aliphatic heterocycles. The molecule has 2 atom stereocenters. The highest BCUT2D eigenvalue weighted by Crippen LogP contribution is 2.18. The highest BCUT2D eigenvalue weighted by molar-refractivity contribution is 5.32. The summed E-state index contributed by atoms with van der Waals surface area (Å²) in [6.45, 7) is 3.99. The molecule has 4 heteroatoms. The molecule has 4 nitrogen and oxygen atoms in total. The lowest BCUT2D eigenvalue weighted by atomic mass is 10.0. The fraction of sp³-hybridized carbons (Fsp3) is 0.600. The van der Waals surface area contributed by atoms with E-state index in [2.05, 4.69) is 23.2 Å². The minimum absolute atomic E-state index is 0.0293. The van der Waals surface area contributed by atoms with Gasteiger partial charge in [0, 0.05) is 19.1 Å². The zero-order chi connectivity index (χ0) is 10.7. The molecule has 0 aliphatic carbocycles. The highest BCUT2D eigenvalue weighted by Gasteiger charge is 2.17. The largest absolute Gasteiger partial charge is 0.377 e. The van der Waals surface area contributed by atoms with Crippen LogP contribution >= 0.6 is 0 Å². The number of nitrogens with two attached hydrogens (primary N) is 1. The second-order valence-electron chi connectivity index (χ2n) is 3.67. The Morgan fingerprint density at radius 3 is 2.86 bits per heavy atom. The number of aliphatic hydroxyl groups excluding tert-OH is 1. The molecule has 2 unspecified atom stereocenters. The first kappa shape index (κ1) is 11.1. The van der Waals surface area contributed by atoms with Crippen LogP contribution in [0.2, 0.25) is 0 Å². The first-order valence-electron chi connectivity index (χ1n) is 4.82. The Bertz CT molecular complexity index is 258. The van der Waals surface area contributed by atoms with Crippen LogP contribution in [0.4, 0.5) is 0 Å². The molecule has 4 N–H and O–H groups in total. The summed E-state index contributed by atoms with van der Waals surface area (Å²) >= 11 is 0. The van der Waals surface area contributed by atoms with Gasteiger partial charge in [0.2, 0.25) is 0 Å². The fourth-order valence-corrected chi connectivity index (χ4v) is 1.46. The van der Waals surface area contributed by atoms with Gasteiger partial charge in [0.05, 0.1) is 0 Å². The molecule has 1 aliphatic rings. The van der Waals surface area contributed by atoms with Gasteiger partial charge in [-0.05, 0) is 25.5 Å². The molecule has 0 fully saturated rings. The Balaban J connectivity index is 2.86. The molecule has 0 amide bonds. The van der Waals surface area contributed by atoms with Gasteiger partial charge in [-0.2, -0.15) is 0 Å². The van der Waals surface area contributed by atoms with Crippen LogP contribution in [0.15, 0.2) is 23.5 Å². The summed E-state index contributed by atoms with van der Waals surface area (Å²) < 4.78 is 0. The second kappa shape index (κ2) is 4.48. The van der Waals surface area contributed by atoms with Crippen molar-refractivity contribution in [3.8, 4) is 0 Å². The number of hydrogen-bond donors (Lipinski definition) is 3. The van der Waals surface area contributed by atoms with Crippen LogP contribution in [0.25, 0.3) is 0 Å². The van der Waals surface area contributed by atoms with E-state index in [1.165, 1.54) is 0 Å². The second-order valence-corrected chi connectivity index (χ2v) is 3.67. The monoisotopic (exact) mass is 197 g/mol. The van der Waals surface area contributed by atoms with E-state index in [0.29, 0.717) is 6.04 Å². The van der Waals surface area contributed by atoms with Crippen LogP contribution in [0, 0.1) is 0 Å². The molecule has 1 heterocycles. The van der Waals surface area contributed by atoms with Crippen LogP contribution < -0.4 is 11.1 Å². The summed E-state index contributed by atoms with van der Waals surface area (Å²) in [6.07, 6.45) is 4.11. The number of nitrogens with one attached hydrogen (secondary N) is 1. The number of aliphatic hydroxyl groups is 1. The molecule has 0 aromatic rings. The summed E-state index contributed by atoms with van der Waals surface area (Å²) in [5.74, 6) is 0.912. The van der Waals surface area contributed by atoms with Gasteiger partial charge in [0.25, 0.3) is 0 Å².